The van der Waals surface area contributed by atoms with Crippen molar-refractivity contribution in [3.63, 3.8) is 0 Å². The third-order valence-corrected chi connectivity index (χ3v) is 3.62. The maximum atomic E-state index is 11.0. The first-order chi connectivity index (χ1) is 9.95. The van der Waals surface area contributed by atoms with Crippen LogP contribution in [0, 0.1) is 0 Å². The summed E-state index contributed by atoms with van der Waals surface area (Å²) in [6, 6.07) is 15.6. The molecule has 0 unspecified atom stereocenters. The minimum absolute atomic E-state index is 0.207. The first-order valence-corrected chi connectivity index (χ1v) is 6.87. The molecule has 0 saturated carbocycles. The van der Waals surface area contributed by atoms with Crippen molar-refractivity contribution in [3.05, 3.63) is 59.7 Å². The zero-order chi connectivity index (χ0) is 15.5. The number of ether oxygens (including phenoxy) is 2. The Hall–Kier alpha value is -2.29. The molecule has 0 aliphatic carbocycles. The van der Waals surface area contributed by atoms with Gasteiger partial charge in [0.15, 0.2) is 0 Å². The summed E-state index contributed by atoms with van der Waals surface area (Å²) in [5.41, 5.74) is 2.04. The molecule has 0 saturated heterocycles. The lowest BCUT2D eigenvalue weighted by Crippen LogP contribution is -2.19. The smallest absolute Gasteiger partial charge is 0.308 e. The Bertz CT molecular complexity index is 627. The van der Waals surface area contributed by atoms with Crippen LogP contribution in [0.4, 0.5) is 0 Å². The van der Waals surface area contributed by atoms with E-state index in [0.717, 1.165) is 16.9 Å². The van der Waals surface area contributed by atoms with Crippen molar-refractivity contribution in [2.45, 2.75) is 26.2 Å². The molecule has 110 valence electrons. The summed E-state index contributed by atoms with van der Waals surface area (Å²) >= 11 is 0. The fourth-order valence-electron chi connectivity index (χ4n) is 2.42. The predicted molar refractivity (Wildman–Crippen MR) is 82.9 cm³/mol. The SMILES string of the molecule is COc1ccccc1C(C)(C)c1ccc(OC(C)=O)cc1. The number of carbonyl (C=O) groups is 1. The zero-order valence-electron chi connectivity index (χ0n) is 12.8. The van der Waals surface area contributed by atoms with Crippen LogP contribution >= 0.6 is 0 Å². The summed E-state index contributed by atoms with van der Waals surface area (Å²) in [6.45, 7) is 5.68. The number of hydrogen-bond donors (Lipinski definition) is 0. The van der Waals surface area contributed by atoms with E-state index < -0.39 is 0 Å². The average Bonchev–Trinajstić information content (AvgIpc) is 2.47. The van der Waals surface area contributed by atoms with E-state index in [0.29, 0.717) is 5.75 Å². The number of esters is 1. The molecular weight excluding hydrogens is 264 g/mol. The maximum absolute atomic E-state index is 11.0. The number of carbonyl (C=O) groups excluding carboxylic acids is 1. The lowest BCUT2D eigenvalue weighted by Gasteiger charge is -2.28. The first-order valence-electron chi connectivity index (χ1n) is 6.87. The minimum Gasteiger partial charge on any atom is -0.496 e. The molecule has 2 rings (SSSR count). The van der Waals surface area contributed by atoms with Crippen LogP contribution in [0.25, 0.3) is 0 Å². The maximum Gasteiger partial charge on any atom is 0.308 e. The Morgan fingerprint density at radius 3 is 2.19 bits per heavy atom. The average molecular weight is 284 g/mol. The molecule has 0 aromatic heterocycles. The minimum atomic E-state index is -0.313. The van der Waals surface area contributed by atoms with Crippen LogP contribution in [0.5, 0.6) is 11.5 Å². The molecular formula is C18H20O3. The van der Waals surface area contributed by atoms with Crippen LogP contribution in [0.15, 0.2) is 48.5 Å². The third-order valence-electron chi connectivity index (χ3n) is 3.62. The van der Waals surface area contributed by atoms with Gasteiger partial charge in [0.1, 0.15) is 11.5 Å². The van der Waals surface area contributed by atoms with Crippen molar-refractivity contribution in [1.82, 2.24) is 0 Å². The molecule has 2 aromatic rings. The summed E-state index contributed by atoms with van der Waals surface area (Å²) in [5.74, 6) is 1.11. The molecule has 0 radical (unpaired) electrons. The van der Waals surface area contributed by atoms with E-state index in [2.05, 4.69) is 19.9 Å². The number of para-hydroxylation sites is 1. The van der Waals surface area contributed by atoms with Crippen LogP contribution in [0.1, 0.15) is 31.9 Å². The highest BCUT2D eigenvalue weighted by atomic mass is 16.5. The molecule has 21 heavy (non-hydrogen) atoms. The highest BCUT2D eigenvalue weighted by Crippen LogP contribution is 2.37. The standard InChI is InChI=1S/C18H20O3/c1-13(19)21-15-11-9-14(10-12-15)18(2,3)16-7-5-6-8-17(16)20-4/h5-12H,1-4H3. The Labute approximate surface area is 125 Å². The number of methoxy groups -OCH3 is 1. The van der Waals surface area contributed by atoms with Gasteiger partial charge in [-0.1, -0.05) is 44.2 Å². The van der Waals surface area contributed by atoms with Gasteiger partial charge in [-0.2, -0.15) is 0 Å². The highest BCUT2D eigenvalue weighted by Gasteiger charge is 2.26. The van der Waals surface area contributed by atoms with E-state index in [9.17, 15) is 4.79 Å². The topological polar surface area (TPSA) is 35.5 Å². The summed E-state index contributed by atoms with van der Waals surface area (Å²) in [4.78, 5) is 11.0. The van der Waals surface area contributed by atoms with Crippen LogP contribution < -0.4 is 9.47 Å². The van der Waals surface area contributed by atoms with Gasteiger partial charge < -0.3 is 9.47 Å². The summed E-state index contributed by atoms with van der Waals surface area (Å²) in [7, 11) is 1.68. The number of benzene rings is 2. The van der Waals surface area contributed by atoms with Gasteiger partial charge in [-0.25, -0.2) is 0 Å². The van der Waals surface area contributed by atoms with E-state index >= 15 is 0 Å². The monoisotopic (exact) mass is 284 g/mol. The molecule has 0 amide bonds. The first kappa shape index (κ1) is 15.1. The van der Waals surface area contributed by atoms with E-state index in [4.69, 9.17) is 9.47 Å². The fraction of sp³-hybridized carbons (Fsp3) is 0.278. The second-order valence-electron chi connectivity index (χ2n) is 5.44. The predicted octanol–water partition coefficient (Wildman–Crippen LogP) is 3.95. The largest absolute Gasteiger partial charge is 0.496 e. The van der Waals surface area contributed by atoms with E-state index in [1.54, 1.807) is 7.11 Å². The van der Waals surface area contributed by atoms with E-state index in [-0.39, 0.29) is 11.4 Å². The molecule has 0 N–H and O–H groups in total. The van der Waals surface area contributed by atoms with Gasteiger partial charge in [0.25, 0.3) is 0 Å². The fourth-order valence-corrected chi connectivity index (χ4v) is 2.42. The Balaban J connectivity index is 2.36. The quantitative estimate of drug-likeness (QED) is 0.630. The van der Waals surface area contributed by atoms with Gasteiger partial charge in [0, 0.05) is 17.9 Å². The van der Waals surface area contributed by atoms with Gasteiger partial charge in [-0.3, -0.25) is 4.79 Å². The normalized spacial score (nSPS) is 11.0. The Morgan fingerprint density at radius 1 is 1.00 bits per heavy atom. The van der Waals surface area contributed by atoms with Gasteiger partial charge in [-0.05, 0) is 23.8 Å². The molecule has 0 heterocycles. The van der Waals surface area contributed by atoms with Crippen molar-refractivity contribution in [3.8, 4) is 11.5 Å². The molecule has 0 spiro atoms. The van der Waals surface area contributed by atoms with E-state index in [1.165, 1.54) is 6.92 Å². The second kappa shape index (κ2) is 6.00. The van der Waals surface area contributed by atoms with Crippen LogP contribution in [0.3, 0.4) is 0 Å². The molecule has 3 heteroatoms. The van der Waals surface area contributed by atoms with Crippen molar-refractivity contribution < 1.29 is 14.3 Å². The molecule has 0 aliphatic rings. The number of hydrogen-bond acceptors (Lipinski definition) is 3. The lowest BCUT2D eigenvalue weighted by atomic mass is 9.77. The summed E-state index contributed by atoms with van der Waals surface area (Å²) in [6.07, 6.45) is 0. The second-order valence-corrected chi connectivity index (χ2v) is 5.44. The van der Waals surface area contributed by atoms with Crippen LogP contribution in [-0.4, -0.2) is 13.1 Å². The van der Waals surface area contributed by atoms with Gasteiger partial charge in [0.2, 0.25) is 0 Å². The molecule has 0 aliphatic heterocycles. The summed E-state index contributed by atoms with van der Waals surface area (Å²) < 4.78 is 10.5. The van der Waals surface area contributed by atoms with E-state index in [1.807, 2.05) is 42.5 Å². The zero-order valence-corrected chi connectivity index (χ0v) is 12.8. The molecule has 2 aromatic carbocycles. The van der Waals surface area contributed by atoms with Crippen molar-refractivity contribution in [2.75, 3.05) is 7.11 Å². The third kappa shape index (κ3) is 3.24. The van der Waals surface area contributed by atoms with Crippen molar-refractivity contribution in [2.24, 2.45) is 0 Å². The lowest BCUT2D eigenvalue weighted by molar-refractivity contribution is -0.131. The summed E-state index contributed by atoms with van der Waals surface area (Å²) in [5, 5.41) is 0. The van der Waals surface area contributed by atoms with Gasteiger partial charge in [-0.15, -0.1) is 0 Å². The molecule has 0 fully saturated rings. The van der Waals surface area contributed by atoms with Crippen LogP contribution in [0.2, 0.25) is 0 Å². The Kier molecular flexibility index (Phi) is 4.32. The van der Waals surface area contributed by atoms with Crippen molar-refractivity contribution in [1.29, 1.82) is 0 Å². The van der Waals surface area contributed by atoms with Gasteiger partial charge in [0.05, 0.1) is 7.11 Å². The Morgan fingerprint density at radius 2 is 1.62 bits per heavy atom. The highest BCUT2D eigenvalue weighted by molar-refractivity contribution is 5.69. The molecule has 0 atom stereocenters. The number of rotatable bonds is 4. The molecule has 3 nitrogen and oxygen atoms in total. The van der Waals surface area contributed by atoms with Crippen LogP contribution in [-0.2, 0) is 10.2 Å². The van der Waals surface area contributed by atoms with Crippen molar-refractivity contribution >= 4 is 5.97 Å². The van der Waals surface area contributed by atoms with Gasteiger partial charge >= 0.3 is 5.97 Å². The molecule has 0 bridgehead atoms.